The van der Waals surface area contributed by atoms with E-state index < -0.39 is 0 Å². The second kappa shape index (κ2) is 6.18. The van der Waals surface area contributed by atoms with Gasteiger partial charge in [0, 0.05) is 12.1 Å². The third kappa shape index (κ3) is 3.22. The molecule has 1 aromatic carbocycles. The maximum absolute atomic E-state index is 9.17. The number of ether oxygens (including phenoxy) is 1. The van der Waals surface area contributed by atoms with Crippen molar-refractivity contribution in [3.63, 3.8) is 0 Å². The summed E-state index contributed by atoms with van der Waals surface area (Å²) in [5.74, 6) is 0.805. The van der Waals surface area contributed by atoms with Gasteiger partial charge in [-0.05, 0) is 32.5 Å². The summed E-state index contributed by atoms with van der Waals surface area (Å²) in [5, 5.41) is 9.17. The molecule has 2 rings (SSSR count). The molecule has 0 spiro atoms. The first-order valence-corrected chi connectivity index (χ1v) is 6.51. The highest BCUT2D eigenvalue weighted by Crippen LogP contribution is 2.26. The van der Waals surface area contributed by atoms with Crippen molar-refractivity contribution in [2.45, 2.75) is 25.0 Å². The second-order valence-electron chi connectivity index (χ2n) is 4.97. The minimum atomic E-state index is -0.373. The summed E-state index contributed by atoms with van der Waals surface area (Å²) in [7, 11) is 2.11. The Morgan fingerprint density at radius 1 is 1.50 bits per heavy atom. The van der Waals surface area contributed by atoms with Gasteiger partial charge in [0.1, 0.15) is 11.9 Å². The Hall–Kier alpha value is -1.10. The fourth-order valence-corrected chi connectivity index (χ4v) is 2.39. The zero-order chi connectivity index (χ0) is 13.0. The van der Waals surface area contributed by atoms with Crippen LogP contribution in [0.2, 0.25) is 0 Å². The number of nitrogens with two attached hydrogens (primary N) is 1. The van der Waals surface area contributed by atoms with Gasteiger partial charge in [-0.1, -0.05) is 18.2 Å². The summed E-state index contributed by atoms with van der Waals surface area (Å²) in [4.78, 5) is 2.28. The molecule has 1 heterocycles. The second-order valence-corrected chi connectivity index (χ2v) is 4.97. The minimum Gasteiger partial charge on any atom is -0.489 e. The van der Waals surface area contributed by atoms with Crippen molar-refractivity contribution < 1.29 is 9.84 Å². The smallest absolute Gasteiger partial charge is 0.124 e. The van der Waals surface area contributed by atoms with Gasteiger partial charge < -0.3 is 20.5 Å². The highest BCUT2D eigenvalue weighted by Gasteiger charge is 2.20. The number of aliphatic hydroxyl groups is 1. The van der Waals surface area contributed by atoms with Crippen LogP contribution in [0, 0.1) is 0 Å². The first kappa shape index (κ1) is 13.3. The lowest BCUT2D eigenvalue weighted by Gasteiger charge is -2.31. The molecule has 18 heavy (non-hydrogen) atoms. The van der Waals surface area contributed by atoms with Crippen LogP contribution in [-0.2, 0) is 0 Å². The van der Waals surface area contributed by atoms with Gasteiger partial charge in [0.15, 0.2) is 0 Å². The van der Waals surface area contributed by atoms with E-state index in [2.05, 4.69) is 11.9 Å². The molecule has 0 bridgehead atoms. The van der Waals surface area contributed by atoms with Crippen molar-refractivity contribution in [1.29, 1.82) is 0 Å². The summed E-state index contributed by atoms with van der Waals surface area (Å²) in [6.45, 7) is 2.02. The minimum absolute atomic E-state index is 0.0645. The van der Waals surface area contributed by atoms with Crippen LogP contribution in [0.25, 0.3) is 0 Å². The maximum atomic E-state index is 9.17. The lowest BCUT2D eigenvalue weighted by molar-refractivity contribution is 0.102. The molecule has 3 N–H and O–H groups in total. The Bertz CT molecular complexity index is 384. The summed E-state index contributed by atoms with van der Waals surface area (Å²) < 4.78 is 6.05. The number of rotatable bonds is 4. The van der Waals surface area contributed by atoms with Crippen molar-refractivity contribution in [2.75, 3.05) is 26.7 Å². The number of nitrogens with zero attached hydrogens (tertiary/aromatic N) is 1. The number of benzene rings is 1. The SMILES string of the molecule is CN1CCCC(Oc2ccccc2C(N)CO)C1. The largest absolute Gasteiger partial charge is 0.489 e. The van der Waals surface area contributed by atoms with E-state index in [9.17, 15) is 5.11 Å². The van der Waals surface area contributed by atoms with Gasteiger partial charge in [-0.25, -0.2) is 0 Å². The van der Waals surface area contributed by atoms with Crippen LogP contribution in [-0.4, -0.2) is 42.9 Å². The fourth-order valence-electron chi connectivity index (χ4n) is 2.39. The number of aliphatic hydroxyl groups excluding tert-OH is 1. The van der Waals surface area contributed by atoms with Crippen LogP contribution in [0.15, 0.2) is 24.3 Å². The molecule has 1 aliphatic rings. The van der Waals surface area contributed by atoms with Crippen molar-refractivity contribution in [3.05, 3.63) is 29.8 Å². The monoisotopic (exact) mass is 250 g/mol. The van der Waals surface area contributed by atoms with E-state index in [0.29, 0.717) is 0 Å². The summed E-state index contributed by atoms with van der Waals surface area (Å²) in [6.07, 6.45) is 2.46. The third-order valence-corrected chi connectivity index (χ3v) is 3.39. The average molecular weight is 250 g/mol. The van der Waals surface area contributed by atoms with E-state index in [0.717, 1.165) is 37.2 Å². The molecule has 2 unspecified atom stereocenters. The lowest BCUT2D eigenvalue weighted by atomic mass is 10.1. The number of piperidine rings is 1. The quantitative estimate of drug-likeness (QED) is 0.841. The van der Waals surface area contributed by atoms with E-state index in [4.69, 9.17) is 10.5 Å². The lowest BCUT2D eigenvalue weighted by Crippen LogP contribution is -2.38. The molecule has 1 saturated heterocycles. The van der Waals surface area contributed by atoms with Gasteiger partial charge >= 0.3 is 0 Å². The molecule has 0 aromatic heterocycles. The number of hydrogen-bond donors (Lipinski definition) is 2. The van der Waals surface area contributed by atoms with Crippen molar-refractivity contribution in [3.8, 4) is 5.75 Å². The number of para-hydroxylation sites is 1. The Morgan fingerprint density at radius 2 is 2.28 bits per heavy atom. The molecule has 0 aliphatic carbocycles. The third-order valence-electron chi connectivity index (χ3n) is 3.39. The zero-order valence-electron chi connectivity index (χ0n) is 10.9. The first-order chi connectivity index (χ1) is 8.70. The number of likely N-dealkylation sites (N-methyl/N-ethyl adjacent to an activating group) is 1. The van der Waals surface area contributed by atoms with Gasteiger partial charge in [0.05, 0.1) is 12.6 Å². The molecular weight excluding hydrogens is 228 g/mol. The van der Waals surface area contributed by atoms with Crippen LogP contribution in [0.4, 0.5) is 0 Å². The molecule has 1 fully saturated rings. The average Bonchev–Trinajstić information content (AvgIpc) is 2.38. The highest BCUT2D eigenvalue weighted by atomic mass is 16.5. The van der Waals surface area contributed by atoms with Crippen LogP contribution in [0.3, 0.4) is 0 Å². The Kier molecular flexibility index (Phi) is 4.58. The van der Waals surface area contributed by atoms with E-state index in [1.54, 1.807) is 0 Å². The zero-order valence-corrected chi connectivity index (χ0v) is 10.9. The van der Waals surface area contributed by atoms with Crippen LogP contribution >= 0.6 is 0 Å². The van der Waals surface area contributed by atoms with E-state index >= 15 is 0 Å². The molecule has 1 aromatic rings. The highest BCUT2D eigenvalue weighted by molar-refractivity contribution is 5.36. The van der Waals surface area contributed by atoms with Crippen LogP contribution < -0.4 is 10.5 Å². The summed E-state index contributed by atoms with van der Waals surface area (Å²) in [5.41, 5.74) is 6.77. The molecule has 4 nitrogen and oxygen atoms in total. The van der Waals surface area contributed by atoms with E-state index in [1.165, 1.54) is 0 Å². The van der Waals surface area contributed by atoms with Crippen molar-refractivity contribution in [2.24, 2.45) is 5.73 Å². The molecule has 0 saturated carbocycles. The predicted molar refractivity (Wildman–Crippen MR) is 71.6 cm³/mol. The topological polar surface area (TPSA) is 58.7 Å². The normalized spacial score (nSPS) is 22.7. The van der Waals surface area contributed by atoms with E-state index in [1.807, 2.05) is 24.3 Å². The van der Waals surface area contributed by atoms with Gasteiger partial charge in [-0.3, -0.25) is 0 Å². The standard InChI is InChI=1S/C14H22N2O2/c1-16-8-4-5-11(9-16)18-14-7-3-2-6-12(14)13(15)10-17/h2-3,6-7,11,13,17H,4-5,8-10,15H2,1H3. The number of hydrogen-bond acceptors (Lipinski definition) is 4. The van der Waals surface area contributed by atoms with Crippen molar-refractivity contribution >= 4 is 0 Å². The number of likely N-dealkylation sites (tertiary alicyclic amines) is 1. The molecule has 100 valence electrons. The Morgan fingerprint density at radius 3 is 3.00 bits per heavy atom. The van der Waals surface area contributed by atoms with Gasteiger partial charge in [-0.2, -0.15) is 0 Å². The maximum Gasteiger partial charge on any atom is 0.124 e. The predicted octanol–water partition coefficient (Wildman–Crippen LogP) is 1.15. The van der Waals surface area contributed by atoms with Gasteiger partial charge in [0.2, 0.25) is 0 Å². The van der Waals surface area contributed by atoms with Gasteiger partial charge in [0.25, 0.3) is 0 Å². The molecular formula is C14H22N2O2. The molecule has 0 amide bonds. The van der Waals surface area contributed by atoms with Gasteiger partial charge in [-0.15, -0.1) is 0 Å². The fraction of sp³-hybridized carbons (Fsp3) is 0.571. The van der Waals surface area contributed by atoms with Crippen molar-refractivity contribution in [1.82, 2.24) is 4.90 Å². The van der Waals surface area contributed by atoms with Crippen LogP contribution in [0.5, 0.6) is 5.75 Å². The Balaban J connectivity index is 2.08. The Labute approximate surface area is 108 Å². The molecule has 2 atom stereocenters. The first-order valence-electron chi connectivity index (χ1n) is 6.51. The van der Waals surface area contributed by atoms with Crippen LogP contribution in [0.1, 0.15) is 24.4 Å². The molecule has 4 heteroatoms. The summed E-state index contributed by atoms with van der Waals surface area (Å²) >= 11 is 0. The van der Waals surface area contributed by atoms with E-state index in [-0.39, 0.29) is 18.8 Å². The molecule has 0 radical (unpaired) electrons. The summed E-state index contributed by atoms with van der Waals surface area (Å²) in [6, 6.07) is 7.34. The molecule has 1 aliphatic heterocycles.